The molecule has 1 aromatic rings. The Morgan fingerprint density at radius 2 is 1.76 bits per heavy atom. The van der Waals surface area contributed by atoms with Gasteiger partial charge in [0.05, 0.1) is 4.91 Å². The number of thioether (sulfide) groups is 1. The molecule has 0 saturated carbocycles. The van der Waals surface area contributed by atoms with Gasteiger partial charge in [-0.1, -0.05) is 36.1 Å². The monoisotopic (exact) mass is 320 g/mol. The summed E-state index contributed by atoms with van der Waals surface area (Å²) in [6.07, 6.45) is 1.91. The van der Waals surface area contributed by atoms with E-state index in [1.54, 1.807) is 4.90 Å². The smallest absolute Gasteiger partial charge is 0.266 e. The van der Waals surface area contributed by atoms with E-state index in [1.165, 1.54) is 11.8 Å². The van der Waals surface area contributed by atoms with Gasteiger partial charge in [0, 0.05) is 25.3 Å². The number of carbonyl (C=O) groups excluding carboxylic acids is 1. The zero-order chi connectivity index (χ0) is 15.8. The standard InChI is InChI=1S/C16H20N2OS2/c1-16(2,3)18-14(19)13(21-15(18)20)10-11-6-8-12(9-7-11)17(4)5/h6-10H,1-5H3. The van der Waals surface area contributed by atoms with Crippen LogP contribution in [0.1, 0.15) is 26.3 Å². The number of thiocarbonyl (C=S) groups is 1. The summed E-state index contributed by atoms with van der Waals surface area (Å²) in [7, 11) is 4.01. The second-order valence-corrected chi connectivity index (χ2v) is 7.85. The summed E-state index contributed by atoms with van der Waals surface area (Å²) in [4.78, 5) is 16.9. The molecule has 21 heavy (non-hydrogen) atoms. The first-order valence-corrected chi connectivity index (χ1v) is 7.98. The van der Waals surface area contributed by atoms with Crippen LogP contribution in [0.25, 0.3) is 6.08 Å². The topological polar surface area (TPSA) is 23.6 Å². The first-order chi connectivity index (χ1) is 9.70. The summed E-state index contributed by atoms with van der Waals surface area (Å²) in [5.74, 6) is -0.00538. The van der Waals surface area contributed by atoms with Crippen LogP contribution >= 0.6 is 24.0 Å². The van der Waals surface area contributed by atoms with Gasteiger partial charge in [-0.2, -0.15) is 0 Å². The number of rotatable bonds is 2. The fraction of sp³-hybridized carbons (Fsp3) is 0.375. The highest BCUT2D eigenvalue weighted by Gasteiger charge is 2.38. The van der Waals surface area contributed by atoms with Crippen LogP contribution in [0, 0.1) is 0 Å². The van der Waals surface area contributed by atoms with Crippen molar-refractivity contribution in [1.29, 1.82) is 0 Å². The van der Waals surface area contributed by atoms with Gasteiger partial charge in [0.15, 0.2) is 0 Å². The van der Waals surface area contributed by atoms with Crippen molar-refractivity contribution in [3.05, 3.63) is 34.7 Å². The third-order valence-electron chi connectivity index (χ3n) is 3.17. The quantitative estimate of drug-likeness (QED) is 0.611. The van der Waals surface area contributed by atoms with Crippen LogP contribution in [0.2, 0.25) is 0 Å². The fourth-order valence-corrected chi connectivity index (χ4v) is 3.70. The molecular formula is C16H20N2OS2. The molecule has 1 aliphatic heterocycles. The van der Waals surface area contributed by atoms with Crippen molar-refractivity contribution < 1.29 is 4.79 Å². The largest absolute Gasteiger partial charge is 0.378 e. The molecule has 1 amide bonds. The Labute approximate surface area is 136 Å². The maximum Gasteiger partial charge on any atom is 0.266 e. The minimum absolute atomic E-state index is 0.00538. The predicted octanol–water partition coefficient (Wildman–Crippen LogP) is 3.75. The van der Waals surface area contributed by atoms with E-state index in [2.05, 4.69) is 0 Å². The Bertz CT molecular complexity index is 598. The van der Waals surface area contributed by atoms with Crippen LogP contribution in [-0.2, 0) is 4.79 Å². The number of amides is 1. The SMILES string of the molecule is CN(C)c1ccc(C=C2SC(=S)N(C(C)(C)C)C2=O)cc1. The third-order valence-corrected chi connectivity index (χ3v) is 4.47. The molecule has 1 saturated heterocycles. The summed E-state index contributed by atoms with van der Waals surface area (Å²) in [5.41, 5.74) is 1.86. The summed E-state index contributed by atoms with van der Waals surface area (Å²) in [5, 5.41) is 0. The van der Waals surface area contributed by atoms with Crippen molar-refractivity contribution >= 4 is 46.0 Å². The van der Waals surface area contributed by atoms with Crippen molar-refractivity contribution in [2.75, 3.05) is 19.0 Å². The highest BCUT2D eigenvalue weighted by Crippen LogP contribution is 2.36. The van der Waals surface area contributed by atoms with Gasteiger partial charge in [-0.05, 0) is 44.5 Å². The van der Waals surface area contributed by atoms with E-state index in [0.717, 1.165) is 11.3 Å². The number of nitrogens with zero attached hydrogens (tertiary/aromatic N) is 2. The summed E-state index contributed by atoms with van der Waals surface area (Å²) < 4.78 is 0.628. The number of hydrogen-bond donors (Lipinski definition) is 0. The maximum absolute atomic E-state index is 12.5. The van der Waals surface area contributed by atoms with Gasteiger partial charge >= 0.3 is 0 Å². The average molecular weight is 320 g/mol. The minimum Gasteiger partial charge on any atom is -0.378 e. The highest BCUT2D eigenvalue weighted by molar-refractivity contribution is 8.26. The zero-order valence-electron chi connectivity index (χ0n) is 13.0. The van der Waals surface area contributed by atoms with Gasteiger partial charge in [-0.3, -0.25) is 9.69 Å². The second kappa shape index (κ2) is 5.81. The molecule has 1 aliphatic rings. The fourth-order valence-electron chi connectivity index (χ4n) is 2.07. The molecule has 1 fully saturated rings. The van der Waals surface area contributed by atoms with E-state index in [0.29, 0.717) is 9.23 Å². The average Bonchev–Trinajstić information content (AvgIpc) is 2.64. The molecule has 1 aromatic carbocycles. The van der Waals surface area contributed by atoms with Crippen LogP contribution in [0.5, 0.6) is 0 Å². The summed E-state index contributed by atoms with van der Waals surface area (Å²) >= 11 is 6.71. The molecular weight excluding hydrogens is 300 g/mol. The third kappa shape index (κ3) is 3.47. The molecule has 112 valence electrons. The van der Waals surface area contributed by atoms with Crippen molar-refractivity contribution in [3.8, 4) is 0 Å². The molecule has 2 rings (SSSR count). The molecule has 0 aromatic heterocycles. The van der Waals surface area contributed by atoms with E-state index in [-0.39, 0.29) is 11.4 Å². The Kier molecular flexibility index (Phi) is 4.44. The lowest BCUT2D eigenvalue weighted by molar-refractivity contribution is -0.125. The van der Waals surface area contributed by atoms with Crippen LogP contribution in [0.4, 0.5) is 5.69 Å². The summed E-state index contributed by atoms with van der Waals surface area (Å²) in [6.45, 7) is 5.98. The molecule has 0 radical (unpaired) electrons. The second-order valence-electron chi connectivity index (χ2n) is 6.17. The van der Waals surface area contributed by atoms with Crippen molar-refractivity contribution in [3.63, 3.8) is 0 Å². The van der Waals surface area contributed by atoms with Crippen molar-refractivity contribution in [1.82, 2.24) is 4.90 Å². The molecule has 0 aliphatic carbocycles. The molecule has 0 atom stereocenters. The van der Waals surface area contributed by atoms with Gasteiger partial charge in [-0.15, -0.1) is 0 Å². The zero-order valence-corrected chi connectivity index (χ0v) is 14.6. The molecule has 0 bridgehead atoms. The van der Waals surface area contributed by atoms with E-state index in [4.69, 9.17) is 12.2 Å². The van der Waals surface area contributed by atoms with Crippen LogP contribution in [-0.4, -0.2) is 34.8 Å². The molecule has 3 nitrogen and oxygen atoms in total. The molecule has 0 N–H and O–H groups in total. The van der Waals surface area contributed by atoms with E-state index in [9.17, 15) is 4.79 Å². The van der Waals surface area contributed by atoms with Gasteiger partial charge in [0.25, 0.3) is 5.91 Å². The number of carbonyl (C=O) groups is 1. The highest BCUT2D eigenvalue weighted by atomic mass is 32.2. The van der Waals surface area contributed by atoms with E-state index >= 15 is 0 Å². The van der Waals surface area contributed by atoms with E-state index in [1.807, 2.05) is 70.1 Å². The predicted molar refractivity (Wildman–Crippen MR) is 95.5 cm³/mol. The van der Waals surface area contributed by atoms with E-state index < -0.39 is 0 Å². The molecule has 1 heterocycles. The summed E-state index contributed by atoms with van der Waals surface area (Å²) in [6, 6.07) is 8.10. The van der Waals surface area contributed by atoms with Crippen molar-refractivity contribution in [2.45, 2.75) is 26.3 Å². The Hall–Kier alpha value is -1.33. The Morgan fingerprint density at radius 3 is 2.19 bits per heavy atom. The van der Waals surface area contributed by atoms with Gasteiger partial charge in [0.2, 0.25) is 0 Å². The first-order valence-electron chi connectivity index (χ1n) is 6.75. The van der Waals surface area contributed by atoms with Gasteiger partial charge < -0.3 is 4.90 Å². The minimum atomic E-state index is -0.286. The normalized spacial score (nSPS) is 17.8. The number of hydrogen-bond acceptors (Lipinski definition) is 4. The van der Waals surface area contributed by atoms with Crippen LogP contribution in [0.3, 0.4) is 0 Å². The first kappa shape index (κ1) is 16.0. The van der Waals surface area contributed by atoms with Crippen LogP contribution in [0.15, 0.2) is 29.2 Å². The van der Waals surface area contributed by atoms with Gasteiger partial charge in [0.1, 0.15) is 4.32 Å². The lowest BCUT2D eigenvalue weighted by Gasteiger charge is -2.30. The molecule has 0 unspecified atom stereocenters. The van der Waals surface area contributed by atoms with Gasteiger partial charge in [-0.25, -0.2) is 0 Å². The Balaban J connectivity index is 2.26. The van der Waals surface area contributed by atoms with Crippen molar-refractivity contribution in [2.24, 2.45) is 0 Å². The molecule has 0 spiro atoms. The number of anilines is 1. The van der Waals surface area contributed by atoms with Crippen LogP contribution < -0.4 is 4.90 Å². The lowest BCUT2D eigenvalue weighted by Crippen LogP contribution is -2.44. The molecule has 5 heteroatoms. The number of benzene rings is 1. The Morgan fingerprint density at radius 1 is 1.19 bits per heavy atom. The lowest BCUT2D eigenvalue weighted by atomic mass is 10.1. The maximum atomic E-state index is 12.5.